The molecular formula is C14H21N3O. The number of carbonyl (C=O) groups is 1. The van der Waals surface area contributed by atoms with E-state index in [-0.39, 0.29) is 6.03 Å². The smallest absolute Gasteiger partial charge is 0.307 e. The van der Waals surface area contributed by atoms with Gasteiger partial charge in [0.1, 0.15) is 0 Å². The number of hydrogen-bond donors (Lipinski definition) is 2. The molecule has 1 heterocycles. The van der Waals surface area contributed by atoms with E-state index in [0.29, 0.717) is 12.1 Å². The highest BCUT2D eigenvalue weighted by Gasteiger charge is 2.25. The number of amides is 2. The van der Waals surface area contributed by atoms with Crippen molar-refractivity contribution in [2.75, 3.05) is 5.32 Å². The van der Waals surface area contributed by atoms with E-state index in [0.717, 1.165) is 18.5 Å². The van der Waals surface area contributed by atoms with Crippen LogP contribution in [0.1, 0.15) is 33.1 Å². The van der Waals surface area contributed by atoms with Gasteiger partial charge in [-0.05, 0) is 38.8 Å². The summed E-state index contributed by atoms with van der Waals surface area (Å²) in [6, 6.07) is 10.1. The van der Waals surface area contributed by atoms with E-state index in [1.165, 1.54) is 6.42 Å². The summed E-state index contributed by atoms with van der Waals surface area (Å²) < 4.78 is 0. The van der Waals surface area contributed by atoms with Crippen molar-refractivity contribution in [1.29, 1.82) is 0 Å². The van der Waals surface area contributed by atoms with Crippen LogP contribution in [0.5, 0.6) is 0 Å². The van der Waals surface area contributed by atoms with Crippen LogP contribution in [0.2, 0.25) is 0 Å². The summed E-state index contributed by atoms with van der Waals surface area (Å²) in [7, 11) is 0. The highest BCUT2D eigenvalue weighted by molar-refractivity contribution is 5.88. The van der Waals surface area contributed by atoms with E-state index >= 15 is 0 Å². The lowest BCUT2D eigenvalue weighted by Crippen LogP contribution is -2.55. The Balaban J connectivity index is 1.90. The molecule has 0 unspecified atom stereocenters. The maximum Gasteiger partial charge on any atom is 0.333 e. The molecule has 1 aliphatic heterocycles. The standard InChI is InChI=1S/C14H21N3O/c1-11-7-6-8-12(2)17(11)16-14(18)15-13-9-4-3-5-10-13/h3-5,9-12H,6-8H2,1-2H3,(H2,15,16,18)/t11-,12+. The molecule has 18 heavy (non-hydrogen) atoms. The fourth-order valence-corrected chi connectivity index (χ4v) is 2.44. The van der Waals surface area contributed by atoms with Crippen molar-refractivity contribution >= 4 is 11.7 Å². The second-order valence-corrected chi connectivity index (χ2v) is 4.97. The number of para-hydroxylation sites is 1. The predicted octanol–water partition coefficient (Wildman–Crippen LogP) is 2.99. The fourth-order valence-electron chi connectivity index (χ4n) is 2.44. The zero-order valence-corrected chi connectivity index (χ0v) is 11.0. The topological polar surface area (TPSA) is 44.4 Å². The lowest BCUT2D eigenvalue weighted by molar-refractivity contribution is 0.0625. The Morgan fingerprint density at radius 3 is 2.39 bits per heavy atom. The van der Waals surface area contributed by atoms with Gasteiger partial charge < -0.3 is 5.32 Å². The van der Waals surface area contributed by atoms with E-state index in [4.69, 9.17) is 0 Å². The summed E-state index contributed by atoms with van der Waals surface area (Å²) in [5, 5.41) is 4.90. The molecule has 1 saturated heterocycles. The Morgan fingerprint density at radius 1 is 1.17 bits per heavy atom. The van der Waals surface area contributed by atoms with Gasteiger partial charge in [0, 0.05) is 17.8 Å². The van der Waals surface area contributed by atoms with Crippen molar-refractivity contribution in [1.82, 2.24) is 10.4 Å². The molecule has 0 radical (unpaired) electrons. The number of urea groups is 1. The van der Waals surface area contributed by atoms with Crippen molar-refractivity contribution in [2.45, 2.75) is 45.2 Å². The number of benzene rings is 1. The van der Waals surface area contributed by atoms with Gasteiger partial charge in [0.2, 0.25) is 0 Å². The highest BCUT2D eigenvalue weighted by Crippen LogP contribution is 2.20. The van der Waals surface area contributed by atoms with E-state index < -0.39 is 0 Å². The zero-order valence-electron chi connectivity index (χ0n) is 11.0. The first-order valence-electron chi connectivity index (χ1n) is 6.58. The Hall–Kier alpha value is -1.55. The molecule has 4 heteroatoms. The molecule has 4 nitrogen and oxygen atoms in total. The van der Waals surface area contributed by atoms with Crippen LogP contribution in [-0.4, -0.2) is 23.1 Å². The van der Waals surface area contributed by atoms with Crippen LogP contribution >= 0.6 is 0 Å². The number of anilines is 1. The number of nitrogens with one attached hydrogen (secondary N) is 2. The molecule has 2 rings (SSSR count). The Morgan fingerprint density at radius 2 is 1.78 bits per heavy atom. The van der Waals surface area contributed by atoms with Gasteiger partial charge in [-0.15, -0.1) is 0 Å². The van der Waals surface area contributed by atoms with Gasteiger partial charge in [-0.2, -0.15) is 0 Å². The van der Waals surface area contributed by atoms with Crippen LogP contribution in [-0.2, 0) is 0 Å². The van der Waals surface area contributed by atoms with Crippen molar-refractivity contribution in [2.24, 2.45) is 0 Å². The van der Waals surface area contributed by atoms with E-state index in [1.54, 1.807) is 0 Å². The molecule has 98 valence electrons. The van der Waals surface area contributed by atoms with Gasteiger partial charge >= 0.3 is 6.03 Å². The average Bonchev–Trinajstić information content (AvgIpc) is 2.35. The number of hydrogen-bond acceptors (Lipinski definition) is 2. The summed E-state index contributed by atoms with van der Waals surface area (Å²) in [6.45, 7) is 4.30. The van der Waals surface area contributed by atoms with Crippen LogP contribution in [0.15, 0.2) is 30.3 Å². The number of hydrazine groups is 1. The molecule has 1 aromatic rings. The normalized spacial score (nSPS) is 24.6. The van der Waals surface area contributed by atoms with Crippen LogP contribution in [0.3, 0.4) is 0 Å². The molecule has 2 atom stereocenters. The summed E-state index contributed by atoms with van der Waals surface area (Å²) in [5.74, 6) is 0. The molecule has 2 N–H and O–H groups in total. The van der Waals surface area contributed by atoms with Gasteiger partial charge in [0.15, 0.2) is 0 Å². The van der Waals surface area contributed by atoms with Crippen molar-refractivity contribution in [3.63, 3.8) is 0 Å². The van der Waals surface area contributed by atoms with Crippen LogP contribution in [0.4, 0.5) is 10.5 Å². The van der Waals surface area contributed by atoms with Crippen LogP contribution in [0.25, 0.3) is 0 Å². The average molecular weight is 247 g/mol. The molecule has 0 saturated carbocycles. The second-order valence-electron chi connectivity index (χ2n) is 4.97. The minimum absolute atomic E-state index is 0.165. The Kier molecular flexibility index (Phi) is 4.20. The maximum absolute atomic E-state index is 11.9. The number of nitrogens with zero attached hydrogens (tertiary/aromatic N) is 1. The van der Waals surface area contributed by atoms with E-state index in [2.05, 4.69) is 29.6 Å². The van der Waals surface area contributed by atoms with E-state index in [1.807, 2.05) is 30.3 Å². The first-order chi connectivity index (χ1) is 8.66. The van der Waals surface area contributed by atoms with Gasteiger partial charge in [0.25, 0.3) is 0 Å². The minimum atomic E-state index is -0.165. The van der Waals surface area contributed by atoms with Crippen molar-refractivity contribution in [3.8, 4) is 0 Å². The second kappa shape index (κ2) is 5.87. The maximum atomic E-state index is 11.9. The quantitative estimate of drug-likeness (QED) is 0.843. The fraction of sp³-hybridized carbons (Fsp3) is 0.500. The van der Waals surface area contributed by atoms with Crippen molar-refractivity contribution in [3.05, 3.63) is 30.3 Å². The molecule has 0 bridgehead atoms. The molecule has 1 fully saturated rings. The third-order valence-corrected chi connectivity index (χ3v) is 3.46. The summed E-state index contributed by atoms with van der Waals surface area (Å²) in [4.78, 5) is 11.9. The number of carbonyl (C=O) groups excluding carboxylic acids is 1. The Labute approximate surface area is 108 Å². The van der Waals surface area contributed by atoms with E-state index in [9.17, 15) is 4.79 Å². The molecule has 1 aliphatic rings. The molecule has 2 amide bonds. The van der Waals surface area contributed by atoms with Gasteiger partial charge in [-0.25, -0.2) is 9.80 Å². The lowest BCUT2D eigenvalue weighted by Gasteiger charge is -2.38. The summed E-state index contributed by atoms with van der Waals surface area (Å²) in [6.07, 6.45) is 3.51. The van der Waals surface area contributed by atoms with Gasteiger partial charge in [0.05, 0.1) is 0 Å². The van der Waals surface area contributed by atoms with Gasteiger partial charge in [-0.1, -0.05) is 24.6 Å². The van der Waals surface area contributed by atoms with Crippen LogP contribution < -0.4 is 10.7 Å². The number of rotatable bonds is 2. The van der Waals surface area contributed by atoms with Gasteiger partial charge in [-0.3, -0.25) is 5.43 Å². The first kappa shape index (κ1) is 12.9. The summed E-state index contributed by atoms with van der Waals surface area (Å²) in [5.41, 5.74) is 3.76. The zero-order chi connectivity index (χ0) is 13.0. The number of piperidine rings is 1. The Bertz CT molecular complexity index is 383. The molecular weight excluding hydrogens is 226 g/mol. The lowest BCUT2D eigenvalue weighted by atomic mass is 10.00. The largest absolute Gasteiger partial charge is 0.333 e. The highest BCUT2D eigenvalue weighted by atomic mass is 16.2. The third kappa shape index (κ3) is 3.23. The first-order valence-corrected chi connectivity index (χ1v) is 6.58. The molecule has 0 spiro atoms. The molecule has 1 aromatic carbocycles. The SMILES string of the molecule is C[C@@H]1CCC[C@H](C)N1NC(=O)Nc1ccccc1. The monoisotopic (exact) mass is 247 g/mol. The minimum Gasteiger partial charge on any atom is -0.307 e. The third-order valence-electron chi connectivity index (χ3n) is 3.46. The molecule has 0 aromatic heterocycles. The molecule has 0 aliphatic carbocycles. The summed E-state index contributed by atoms with van der Waals surface area (Å²) >= 11 is 0. The predicted molar refractivity (Wildman–Crippen MR) is 73.2 cm³/mol. The van der Waals surface area contributed by atoms with Crippen molar-refractivity contribution < 1.29 is 4.79 Å². The van der Waals surface area contributed by atoms with Crippen LogP contribution in [0, 0.1) is 0 Å².